The van der Waals surface area contributed by atoms with E-state index in [1.165, 1.54) is 38.3 Å². The fourth-order valence-corrected chi connectivity index (χ4v) is 2.65. The number of benzene rings is 2. The molecule has 2 rings (SSSR count). The van der Waals surface area contributed by atoms with E-state index < -0.39 is 23.7 Å². The third-order valence-corrected chi connectivity index (χ3v) is 4.12. The molecular formula is C21H24FN3O4. The Balaban J connectivity index is 2.16. The Morgan fingerprint density at radius 2 is 1.66 bits per heavy atom. The number of methoxy groups -OCH3 is 1. The number of rotatable bonds is 7. The quantitative estimate of drug-likeness (QED) is 0.664. The van der Waals surface area contributed by atoms with Gasteiger partial charge in [0.2, 0.25) is 11.8 Å². The molecule has 0 aromatic heterocycles. The van der Waals surface area contributed by atoms with E-state index >= 15 is 0 Å². The van der Waals surface area contributed by atoms with E-state index in [2.05, 4.69) is 16.0 Å². The zero-order valence-electron chi connectivity index (χ0n) is 16.7. The molecule has 3 N–H and O–H groups in total. The van der Waals surface area contributed by atoms with Crippen LogP contribution in [0, 0.1) is 11.7 Å². The summed E-state index contributed by atoms with van der Waals surface area (Å²) < 4.78 is 18.2. The maximum Gasteiger partial charge on any atom is 0.251 e. The maximum atomic E-state index is 13.0. The predicted molar refractivity (Wildman–Crippen MR) is 108 cm³/mol. The lowest BCUT2D eigenvalue weighted by Gasteiger charge is -2.22. The van der Waals surface area contributed by atoms with Crippen LogP contribution in [0.25, 0.3) is 0 Å². The summed E-state index contributed by atoms with van der Waals surface area (Å²) in [6, 6.07) is 9.05. The Kier molecular flexibility index (Phi) is 7.30. The minimum Gasteiger partial charge on any atom is -0.495 e. The lowest BCUT2D eigenvalue weighted by atomic mass is 10.0. The Labute approximate surface area is 168 Å². The standard InChI is InChI=1S/C21H24FN3O4/c1-12(2)19(25-20(27)14-5-7-15(22)8-6-14)21(28)24-16-9-10-18(29-4)17(11-16)23-13(3)26/h5-12,19H,1-4H3,(H,23,26)(H,24,28)(H,25,27). The lowest BCUT2D eigenvalue weighted by Crippen LogP contribution is -2.47. The molecule has 0 saturated carbocycles. The van der Waals surface area contributed by atoms with E-state index in [1.807, 2.05) is 0 Å². The molecule has 0 aliphatic rings. The van der Waals surface area contributed by atoms with Crippen molar-refractivity contribution in [2.24, 2.45) is 5.92 Å². The molecule has 29 heavy (non-hydrogen) atoms. The maximum absolute atomic E-state index is 13.0. The minimum atomic E-state index is -0.820. The van der Waals surface area contributed by atoms with Crippen molar-refractivity contribution in [1.82, 2.24) is 5.32 Å². The molecule has 8 heteroatoms. The van der Waals surface area contributed by atoms with E-state index in [-0.39, 0.29) is 17.4 Å². The van der Waals surface area contributed by atoms with Crippen molar-refractivity contribution in [3.8, 4) is 5.75 Å². The molecule has 0 aliphatic heterocycles. The molecule has 0 bridgehead atoms. The average Bonchev–Trinajstić information content (AvgIpc) is 2.66. The number of anilines is 2. The summed E-state index contributed by atoms with van der Waals surface area (Å²) in [5, 5.41) is 8.04. The molecule has 3 amide bonds. The predicted octanol–water partition coefficient (Wildman–Crippen LogP) is 3.19. The Bertz CT molecular complexity index is 897. The number of halogens is 1. The number of carbonyl (C=O) groups excluding carboxylic acids is 3. The van der Waals surface area contributed by atoms with Gasteiger partial charge in [-0.2, -0.15) is 0 Å². The topological polar surface area (TPSA) is 96.5 Å². The smallest absolute Gasteiger partial charge is 0.251 e. The van der Waals surface area contributed by atoms with Gasteiger partial charge in [0.25, 0.3) is 5.91 Å². The fraction of sp³-hybridized carbons (Fsp3) is 0.286. The van der Waals surface area contributed by atoms with Gasteiger partial charge in [-0.25, -0.2) is 4.39 Å². The monoisotopic (exact) mass is 401 g/mol. The van der Waals surface area contributed by atoms with Gasteiger partial charge in [-0.15, -0.1) is 0 Å². The van der Waals surface area contributed by atoms with Crippen molar-refractivity contribution in [3.63, 3.8) is 0 Å². The van der Waals surface area contributed by atoms with Crippen molar-refractivity contribution in [3.05, 3.63) is 53.8 Å². The third-order valence-electron chi connectivity index (χ3n) is 4.12. The average molecular weight is 401 g/mol. The van der Waals surface area contributed by atoms with Gasteiger partial charge in [-0.1, -0.05) is 13.8 Å². The normalized spacial score (nSPS) is 11.5. The van der Waals surface area contributed by atoms with Gasteiger partial charge in [0.05, 0.1) is 12.8 Å². The molecule has 0 fully saturated rings. The highest BCUT2D eigenvalue weighted by atomic mass is 19.1. The van der Waals surface area contributed by atoms with Gasteiger partial charge in [-0.05, 0) is 48.4 Å². The number of ether oxygens (including phenoxy) is 1. The number of nitrogens with one attached hydrogen (secondary N) is 3. The van der Waals surface area contributed by atoms with Gasteiger partial charge in [-0.3, -0.25) is 14.4 Å². The van der Waals surface area contributed by atoms with Gasteiger partial charge >= 0.3 is 0 Å². The highest BCUT2D eigenvalue weighted by Crippen LogP contribution is 2.28. The van der Waals surface area contributed by atoms with Crippen LogP contribution in [0.5, 0.6) is 5.75 Å². The summed E-state index contributed by atoms with van der Waals surface area (Å²) in [6.07, 6.45) is 0. The highest BCUT2D eigenvalue weighted by molar-refractivity contribution is 6.02. The van der Waals surface area contributed by atoms with Crippen LogP contribution in [0.3, 0.4) is 0 Å². The fourth-order valence-electron chi connectivity index (χ4n) is 2.65. The number of hydrogen-bond acceptors (Lipinski definition) is 4. The molecule has 1 atom stereocenters. The van der Waals surface area contributed by atoms with E-state index in [0.29, 0.717) is 17.1 Å². The Morgan fingerprint density at radius 3 is 2.21 bits per heavy atom. The molecular weight excluding hydrogens is 377 g/mol. The van der Waals surface area contributed by atoms with Crippen molar-refractivity contribution in [2.45, 2.75) is 26.8 Å². The SMILES string of the molecule is COc1ccc(NC(=O)C(NC(=O)c2ccc(F)cc2)C(C)C)cc1NC(C)=O. The van der Waals surface area contributed by atoms with Crippen molar-refractivity contribution in [1.29, 1.82) is 0 Å². The van der Waals surface area contributed by atoms with Crippen LogP contribution < -0.4 is 20.7 Å². The molecule has 0 heterocycles. The van der Waals surface area contributed by atoms with Gasteiger partial charge in [0.15, 0.2) is 0 Å². The number of carbonyl (C=O) groups is 3. The van der Waals surface area contributed by atoms with E-state index in [1.54, 1.807) is 32.0 Å². The minimum absolute atomic E-state index is 0.201. The summed E-state index contributed by atoms with van der Waals surface area (Å²) >= 11 is 0. The summed E-state index contributed by atoms with van der Waals surface area (Å²) in [7, 11) is 1.47. The van der Waals surface area contributed by atoms with Crippen LogP contribution in [0.4, 0.5) is 15.8 Å². The third kappa shape index (κ3) is 6.03. The van der Waals surface area contributed by atoms with Gasteiger partial charge < -0.3 is 20.7 Å². The Morgan fingerprint density at radius 1 is 1.00 bits per heavy atom. The van der Waals surface area contributed by atoms with Crippen LogP contribution >= 0.6 is 0 Å². The van der Waals surface area contributed by atoms with E-state index in [4.69, 9.17) is 4.74 Å². The first-order valence-electron chi connectivity index (χ1n) is 9.04. The van der Waals surface area contributed by atoms with Crippen molar-refractivity contribution in [2.75, 3.05) is 17.7 Å². The number of hydrogen-bond donors (Lipinski definition) is 3. The molecule has 1 unspecified atom stereocenters. The zero-order chi connectivity index (χ0) is 21.6. The molecule has 0 saturated heterocycles. The number of amides is 3. The van der Waals surface area contributed by atoms with Crippen molar-refractivity contribution >= 4 is 29.1 Å². The first-order valence-corrected chi connectivity index (χ1v) is 9.04. The van der Waals surface area contributed by atoms with E-state index in [9.17, 15) is 18.8 Å². The van der Waals surface area contributed by atoms with Crippen molar-refractivity contribution < 1.29 is 23.5 Å². The second-order valence-corrected chi connectivity index (χ2v) is 6.79. The zero-order valence-corrected chi connectivity index (χ0v) is 16.7. The van der Waals surface area contributed by atoms with Crippen LogP contribution in [-0.4, -0.2) is 30.9 Å². The summed E-state index contributed by atoms with van der Waals surface area (Å²) in [5.74, 6) is -1.38. The van der Waals surface area contributed by atoms with Crippen LogP contribution in [0.2, 0.25) is 0 Å². The van der Waals surface area contributed by atoms with Crippen LogP contribution in [-0.2, 0) is 9.59 Å². The first-order chi connectivity index (χ1) is 13.7. The van der Waals surface area contributed by atoms with Gasteiger partial charge in [0.1, 0.15) is 17.6 Å². The molecule has 7 nitrogen and oxygen atoms in total. The second kappa shape index (κ2) is 9.68. The largest absolute Gasteiger partial charge is 0.495 e. The lowest BCUT2D eigenvalue weighted by molar-refractivity contribution is -0.119. The van der Waals surface area contributed by atoms with Crippen LogP contribution in [0.1, 0.15) is 31.1 Å². The highest BCUT2D eigenvalue weighted by Gasteiger charge is 2.25. The first kappa shape index (κ1) is 21.9. The second-order valence-electron chi connectivity index (χ2n) is 6.79. The molecule has 0 radical (unpaired) electrons. The molecule has 0 aliphatic carbocycles. The molecule has 2 aromatic carbocycles. The molecule has 2 aromatic rings. The molecule has 154 valence electrons. The summed E-state index contributed by atoms with van der Waals surface area (Å²) in [4.78, 5) is 36.5. The summed E-state index contributed by atoms with van der Waals surface area (Å²) in [6.45, 7) is 4.96. The van der Waals surface area contributed by atoms with Gasteiger partial charge in [0, 0.05) is 18.2 Å². The molecule has 0 spiro atoms. The van der Waals surface area contributed by atoms with Crippen LogP contribution in [0.15, 0.2) is 42.5 Å². The summed E-state index contributed by atoms with van der Waals surface area (Å²) in [5.41, 5.74) is 1.10. The Hall–Kier alpha value is -3.42. The van der Waals surface area contributed by atoms with E-state index in [0.717, 1.165) is 0 Å².